The second kappa shape index (κ2) is 7.56. The maximum atomic E-state index is 12.2. The Morgan fingerprint density at radius 1 is 1.18 bits per heavy atom. The van der Waals surface area contributed by atoms with E-state index in [1.54, 1.807) is 13.0 Å². The van der Waals surface area contributed by atoms with Crippen LogP contribution in [0.1, 0.15) is 37.9 Å². The SMILES string of the molecule is C[C@@H]1C/C=C/CCC(=O)O[C@H](c2ccccc2)CNS1(=O)=O. The summed E-state index contributed by atoms with van der Waals surface area (Å²) in [4.78, 5) is 11.9. The van der Waals surface area contributed by atoms with Gasteiger partial charge >= 0.3 is 5.97 Å². The van der Waals surface area contributed by atoms with Gasteiger partial charge in [0.2, 0.25) is 10.0 Å². The molecule has 0 aromatic heterocycles. The second-order valence-electron chi connectivity index (χ2n) is 5.34. The highest BCUT2D eigenvalue weighted by molar-refractivity contribution is 7.90. The van der Waals surface area contributed by atoms with Crippen molar-refractivity contribution in [3.63, 3.8) is 0 Å². The van der Waals surface area contributed by atoms with E-state index in [0.717, 1.165) is 5.56 Å². The molecule has 1 aromatic rings. The maximum absolute atomic E-state index is 12.2. The summed E-state index contributed by atoms with van der Waals surface area (Å²) in [5.74, 6) is -0.327. The molecule has 22 heavy (non-hydrogen) atoms. The number of ether oxygens (including phenoxy) is 1. The summed E-state index contributed by atoms with van der Waals surface area (Å²) in [7, 11) is -3.44. The Balaban J connectivity index is 2.22. The average molecular weight is 323 g/mol. The molecular weight excluding hydrogens is 302 g/mol. The van der Waals surface area contributed by atoms with Gasteiger partial charge in [-0.05, 0) is 25.3 Å². The minimum atomic E-state index is -3.44. The number of esters is 1. The fourth-order valence-corrected chi connectivity index (χ4v) is 3.21. The molecule has 1 aliphatic heterocycles. The standard InChI is InChI=1S/C16H21NO4S/c1-13-8-4-2-7-11-16(18)21-15(12-17-22(13,19)20)14-9-5-3-6-10-14/h2-6,9-10,13,15,17H,7-8,11-12H2,1H3/b4-2+/t13-,15+/m1/s1. The van der Waals surface area contributed by atoms with Crippen molar-refractivity contribution < 1.29 is 17.9 Å². The van der Waals surface area contributed by atoms with E-state index in [4.69, 9.17) is 4.74 Å². The van der Waals surface area contributed by atoms with Crippen LogP contribution in [-0.4, -0.2) is 26.2 Å². The molecule has 0 amide bonds. The molecule has 0 aliphatic carbocycles. The van der Waals surface area contributed by atoms with Crippen LogP contribution < -0.4 is 4.72 Å². The number of hydrogen-bond donors (Lipinski definition) is 1. The molecular formula is C16H21NO4S. The van der Waals surface area contributed by atoms with E-state index in [1.807, 2.05) is 36.4 Å². The van der Waals surface area contributed by atoms with Crippen molar-refractivity contribution in [2.75, 3.05) is 6.54 Å². The fourth-order valence-electron chi connectivity index (χ4n) is 2.18. The van der Waals surface area contributed by atoms with E-state index in [0.29, 0.717) is 19.3 Å². The van der Waals surface area contributed by atoms with Crippen molar-refractivity contribution in [1.82, 2.24) is 4.72 Å². The third-order valence-corrected chi connectivity index (χ3v) is 5.42. The monoisotopic (exact) mass is 323 g/mol. The van der Waals surface area contributed by atoms with Gasteiger partial charge in [-0.25, -0.2) is 13.1 Å². The zero-order valence-electron chi connectivity index (χ0n) is 12.6. The first kappa shape index (κ1) is 16.7. The molecule has 0 unspecified atom stereocenters. The van der Waals surface area contributed by atoms with E-state index in [-0.39, 0.29) is 12.5 Å². The largest absolute Gasteiger partial charge is 0.456 e. The van der Waals surface area contributed by atoms with Gasteiger partial charge in [0, 0.05) is 6.42 Å². The van der Waals surface area contributed by atoms with Crippen molar-refractivity contribution in [2.45, 2.75) is 37.5 Å². The van der Waals surface area contributed by atoms with Gasteiger partial charge in [-0.1, -0.05) is 42.5 Å². The van der Waals surface area contributed by atoms with Gasteiger partial charge in [0.15, 0.2) is 0 Å². The van der Waals surface area contributed by atoms with Crippen LogP contribution in [0, 0.1) is 0 Å². The van der Waals surface area contributed by atoms with Crippen LogP contribution in [0.15, 0.2) is 42.5 Å². The predicted octanol–water partition coefficient (Wildman–Crippen LogP) is 2.32. The summed E-state index contributed by atoms with van der Waals surface area (Å²) in [6, 6.07) is 9.17. The third-order valence-electron chi connectivity index (χ3n) is 3.59. The fraction of sp³-hybridized carbons (Fsp3) is 0.438. The molecule has 0 saturated heterocycles. The highest BCUT2D eigenvalue weighted by Gasteiger charge is 2.24. The summed E-state index contributed by atoms with van der Waals surface area (Å²) in [5.41, 5.74) is 0.777. The first-order valence-electron chi connectivity index (χ1n) is 7.37. The first-order chi connectivity index (χ1) is 10.5. The maximum Gasteiger partial charge on any atom is 0.306 e. The van der Waals surface area contributed by atoms with Gasteiger partial charge in [0.25, 0.3) is 0 Å². The molecule has 120 valence electrons. The van der Waals surface area contributed by atoms with E-state index in [1.165, 1.54) is 0 Å². The van der Waals surface area contributed by atoms with Crippen molar-refractivity contribution in [3.8, 4) is 0 Å². The smallest absolute Gasteiger partial charge is 0.306 e. The van der Waals surface area contributed by atoms with E-state index in [9.17, 15) is 13.2 Å². The van der Waals surface area contributed by atoms with Crippen LogP contribution in [0.25, 0.3) is 0 Å². The Morgan fingerprint density at radius 2 is 1.91 bits per heavy atom. The number of nitrogens with one attached hydrogen (secondary N) is 1. The number of carbonyl (C=O) groups is 1. The van der Waals surface area contributed by atoms with Crippen molar-refractivity contribution >= 4 is 16.0 Å². The molecule has 1 aliphatic rings. The average Bonchev–Trinajstić information content (AvgIpc) is 2.50. The Hall–Kier alpha value is -1.66. The number of carbonyl (C=O) groups excluding carboxylic acids is 1. The molecule has 5 nitrogen and oxygen atoms in total. The Bertz CT molecular complexity index is 625. The lowest BCUT2D eigenvalue weighted by atomic mass is 10.1. The van der Waals surface area contributed by atoms with Crippen LogP contribution in [0.2, 0.25) is 0 Å². The van der Waals surface area contributed by atoms with Crippen molar-refractivity contribution in [3.05, 3.63) is 48.0 Å². The molecule has 0 spiro atoms. The molecule has 1 heterocycles. The van der Waals surface area contributed by atoms with Gasteiger partial charge in [-0.15, -0.1) is 0 Å². The normalized spacial score (nSPS) is 28.0. The number of allylic oxidation sites excluding steroid dienone is 2. The first-order valence-corrected chi connectivity index (χ1v) is 8.91. The Kier molecular flexibility index (Phi) is 5.74. The van der Waals surface area contributed by atoms with Crippen LogP contribution in [-0.2, 0) is 19.6 Å². The van der Waals surface area contributed by atoms with Gasteiger partial charge in [-0.2, -0.15) is 0 Å². The highest BCUT2D eigenvalue weighted by Crippen LogP contribution is 2.19. The molecule has 6 heteroatoms. The lowest BCUT2D eigenvalue weighted by Gasteiger charge is -2.21. The number of cyclic esters (lactones) is 1. The lowest BCUT2D eigenvalue weighted by molar-refractivity contribution is -0.149. The van der Waals surface area contributed by atoms with E-state index in [2.05, 4.69) is 4.72 Å². The zero-order valence-corrected chi connectivity index (χ0v) is 13.4. The minimum Gasteiger partial charge on any atom is -0.456 e. The molecule has 0 saturated carbocycles. The zero-order chi connectivity index (χ0) is 16.0. The van der Waals surface area contributed by atoms with Crippen molar-refractivity contribution in [2.24, 2.45) is 0 Å². The lowest BCUT2D eigenvalue weighted by Crippen LogP contribution is -2.36. The van der Waals surface area contributed by atoms with Gasteiger partial charge < -0.3 is 4.74 Å². The number of rotatable bonds is 1. The molecule has 0 bridgehead atoms. The predicted molar refractivity (Wildman–Crippen MR) is 84.7 cm³/mol. The van der Waals surface area contributed by atoms with Crippen molar-refractivity contribution in [1.29, 1.82) is 0 Å². The van der Waals surface area contributed by atoms with Crippen LogP contribution in [0.3, 0.4) is 0 Å². The topological polar surface area (TPSA) is 72.5 Å². The molecule has 2 atom stereocenters. The summed E-state index contributed by atoms with van der Waals surface area (Å²) in [6.07, 6.45) is 4.29. The number of benzene rings is 1. The van der Waals surface area contributed by atoms with Crippen LogP contribution >= 0.6 is 0 Å². The third kappa shape index (κ3) is 4.68. The molecule has 1 N–H and O–H groups in total. The number of hydrogen-bond acceptors (Lipinski definition) is 4. The van der Waals surface area contributed by atoms with Crippen LogP contribution in [0.5, 0.6) is 0 Å². The second-order valence-corrected chi connectivity index (χ2v) is 7.52. The van der Waals surface area contributed by atoms with E-state index >= 15 is 0 Å². The summed E-state index contributed by atoms with van der Waals surface area (Å²) in [5, 5.41) is -0.518. The van der Waals surface area contributed by atoms with E-state index < -0.39 is 21.4 Å². The Labute approximate surface area is 131 Å². The molecule has 0 radical (unpaired) electrons. The van der Waals surface area contributed by atoms with Crippen LogP contribution in [0.4, 0.5) is 0 Å². The number of sulfonamides is 1. The molecule has 1 aromatic carbocycles. The Morgan fingerprint density at radius 3 is 2.64 bits per heavy atom. The molecule has 2 rings (SSSR count). The quantitative estimate of drug-likeness (QED) is 0.636. The van der Waals surface area contributed by atoms with Gasteiger partial charge in [-0.3, -0.25) is 4.79 Å². The minimum absolute atomic E-state index is 0.0478. The summed E-state index contributed by atoms with van der Waals surface area (Å²) >= 11 is 0. The van der Waals surface area contributed by atoms with Gasteiger partial charge in [0.1, 0.15) is 6.10 Å². The highest BCUT2D eigenvalue weighted by atomic mass is 32.2. The molecule has 0 fully saturated rings. The summed E-state index contributed by atoms with van der Waals surface area (Å²) in [6.45, 7) is 1.72. The summed E-state index contributed by atoms with van der Waals surface area (Å²) < 4.78 is 32.4. The van der Waals surface area contributed by atoms with Gasteiger partial charge in [0.05, 0.1) is 11.8 Å².